The van der Waals surface area contributed by atoms with Gasteiger partial charge in [0.25, 0.3) is 0 Å². The Morgan fingerprint density at radius 3 is 2.50 bits per heavy atom. The number of aromatic nitrogens is 2. The fourth-order valence-electron chi connectivity index (χ4n) is 2.46. The summed E-state index contributed by atoms with van der Waals surface area (Å²) in [6, 6.07) is 5.83. The van der Waals surface area contributed by atoms with E-state index in [9.17, 15) is 27.1 Å². The van der Waals surface area contributed by atoms with E-state index in [-0.39, 0.29) is 28.6 Å². The van der Waals surface area contributed by atoms with Gasteiger partial charge in [-0.2, -0.15) is 18.3 Å². The highest BCUT2D eigenvalue weighted by atomic mass is 19.4. The lowest BCUT2D eigenvalue weighted by Gasteiger charge is -2.11. The van der Waals surface area contributed by atoms with E-state index in [2.05, 4.69) is 10.2 Å². The van der Waals surface area contributed by atoms with Gasteiger partial charge in [0.05, 0.1) is 16.8 Å². The Bertz CT molecular complexity index is 888. The molecule has 0 radical (unpaired) electrons. The minimum absolute atomic E-state index is 0.0404. The summed E-state index contributed by atoms with van der Waals surface area (Å²) in [6.07, 6.45) is -6.09. The van der Waals surface area contributed by atoms with E-state index in [0.29, 0.717) is 6.07 Å². The minimum atomic E-state index is -4.53. The van der Waals surface area contributed by atoms with Gasteiger partial charge in [-0.1, -0.05) is 6.07 Å². The van der Waals surface area contributed by atoms with Crippen LogP contribution in [0.2, 0.25) is 0 Å². The molecule has 0 amide bonds. The van der Waals surface area contributed by atoms with Crippen LogP contribution in [0.5, 0.6) is 0 Å². The monoisotopic (exact) mass is 342 g/mol. The molecule has 126 valence electrons. The molecule has 0 bridgehead atoms. The fourth-order valence-corrected chi connectivity index (χ4v) is 2.46. The molecular weight excluding hydrogens is 331 g/mol. The summed E-state index contributed by atoms with van der Waals surface area (Å²) >= 11 is 0. The van der Waals surface area contributed by atoms with Gasteiger partial charge in [0.15, 0.2) is 0 Å². The first kappa shape index (κ1) is 16.4. The molecule has 0 saturated carbocycles. The molecule has 2 aromatic carbocycles. The van der Waals surface area contributed by atoms with Crippen LogP contribution >= 0.6 is 0 Å². The molecule has 0 aliphatic heterocycles. The van der Waals surface area contributed by atoms with Crippen LogP contribution in [0, 0.1) is 11.6 Å². The summed E-state index contributed by atoms with van der Waals surface area (Å²) in [5, 5.41) is 16.6. The Morgan fingerprint density at radius 1 is 1.08 bits per heavy atom. The molecule has 0 saturated heterocycles. The second kappa shape index (κ2) is 5.86. The SMILES string of the molecule is OC(Cc1ccc(F)cc1F)c1[nH]nc2ccc(C(F)(F)F)cc12. The van der Waals surface area contributed by atoms with Crippen LogP contribution in [-0.4, -0.2) is 15.3 Å². The van der Waals surface area contributed by atoms with Crippen molar-refractivity contribution in [2.45, 2.75) is 18.7 Å². The van der Waals surface area contributed by atoms with Gasteiger partial charge >= 0.3 is 6.18 Å². The van der Waals surface area contributed by atoms with Crippen LogP contribution < -0.4 is 0 Å². The van der Waals surface area contributed by atoms with Gasteiger partial charge in [-0.05, 0) is 29.8 Å². The van der Waals surface area contributed by atoms with Gasteiger partial charge < -0.3 is 5.11 Å². The molecule has 1 unspecified atom stereocenters. The van der Waals surface area contributed by atoms with Crippen molar-refractivity contribution >= 4 is 10.9 Å². The van der Waals surface area contributed by atoms with Crippen LogP contribution in [0.25, 0.3) is 10.9 Å². The molecule has 24 heavy (non-hydrogen) atoms. The van der Waals surface area contributed by atoms with Crippen molar-refractivity contribution in [3.05, 3.63) is 64.9 Å². The number of benzene rings is 2. The molecule has 3 nitrogen and oxygen atoms in total. The lowest BCUT2D eigenvalue weighted by Crippen LogP contribution is -2.06. The average molecular weight is 342 g/mol. The van der Waals surface area contributed by atoms with Crippen LogP contribution in [-0.2, 0) is 12.6 Å². The zero-order chi connectivity index (χ0) is 17.5. The molecule has 1 atom stereocenters. The molecule has 0 aliphatic carbocycles. The zero-order valence-corrected chi connectivity index (χ0v) is 12.0. The van der Waals surface area contributed by atoms with E-state index < -0.39 is 29.5 Å². The van der Waals surface area contributed by atoms with Gasteiger partial charge in [-0.25, -0.2) is 8.78 Å². The summed E-state index contributed by atoms with van der Waals surface area (Å²) in [4.78, 5) is 0. The number of alkyl halides is 3. The van der Waals surface area contributed by atoms with Crippen molar-refractivity contribution in [3.63, 3.8) is 0 Å². The first-order valence-electron chi connectivity index (χ1n) is 6.93. The van der Waals surface area contributed by atoms with Crippen LogP contribution in [0.15, 0.2) is 36.4 Å². The van der Waals surface area contributed by atoms with Crippen molar-refractivity contribution in [2.75, 3.05) is 0 Å². The van der Waals surface area contributed by atoms with Gasteiger partial charge in [0, 0.05) is 17.9 Å². The Labute approximate surface area is 132 Å². The number of halogens is 5. The third kappa shape index (κ3) is 3.09. The molecular formula is C16H11F5N2O. The Kier molecular flexibility index (Phi) is 4.00. The molecule has 8 heteroatoms. The molecule has 1 heterocycles. The van der Waals surface area contributed by atoms with Gasteiger partial charge in [-0.3, -0.25) is 5.10 Å². The number of aliphatic hydroxyl groups is 1. The number of hydrogen-bond acceptors (Lipinski definition) is 2. The Balaban J connectivity index is 1.96. The summed E-state index contributed by atoms with van der Waals surface area (Å²) < 4.78 is 65.0. The number of nitrogens with zero attached hydrogens (tertiary/aromatic N) is 1. The van der Waals surface area contributed by atoms with E-state index in [1.54, 1.807) is 0 Å². The van der Waals surface area contributed by atoms with Crippen LogP contribution in [0.1, 0.15) is 22.9 Å². The molecule has 0 fully saturated rings. The van der Waals surface area contributed by atoms with Gasteiger partial charge in [-0.15, -0.1) is 0 Å². The normalized spacial score (nSPS) is 13.4. The second-order valence-corrected chi connectivity index (χ2v) is 5.32. The first-order chi connectivity index (χ1) is 11.3. The fraction of sp³-hybridized carbons (Fsp3) is 0.188. The number of rotatable bonds is 3. The molecule has 3 aromatic rings. The van der Waals surface area contributed by atoms with Crippen molar-refractivity contribution in [1.82, 2.24) is 10.2 Å². The van der Waals surface area contributed by atoms with Crippen molar-refractivity contribution in [3.8, 4) is 0 Å². The first-order valence-corrected chi connectivity index (χ1v) is 6.93. The van der Waals surface area contributed by atoms with Gasteiger partial charge in [0.2, 0.25) is 0 Å². The number of H-pyrrole nitrogens is 1. The number of aromatic amines is 1. The molecule has 2 N–H and O–H groups in total. The molecule has 3 rings (SSSR count). The van der Waals surface area contributed by atoms with E-state index in [0.717, 1.165) is 18.2 Å². The smallest absolute Gasteiger partial charge is 0.386 e. The highest BCUT2D eigenvalue weighted by molar-refractivity contribution is 5.82. The predicted molar refractivity (Wildman–Crippen MR) is 76.1 cm³/mol. The maximum absolute atomic E-state index is 13.7. The highest BCUT2D eigenvalue weighted by Gasteiger charge is 2.31. The summed E-state index contributed by atoms with van der Waals surface area (Å²) in [7, 11) is 0. The summed E-state index contributed by atoms with van der Waals surface area (Å²) in [5.74, 6) is -1.60. The third-order valence-electron chi connectivity index (χ3n) is 3.67. The molecule has 0 spiro atoms. The van der Waals surface area contributed by atoms with Crippen molar-refractivity contribution < 1.29 is 27.1 Å². The second-order valence-electron chi connectivity index (χ2n) is 5.32. The minimum Gasteiger partial charge on any atom is -0.386 e. The summed E-state index contributed by atoms with van der Waals surface area (Å²) in [5.41, 5.74) is -0.548. The number of aliphatic hydroxyl groups excluding tert-OH is 1. The van der Waals surface area contributed by atoms with Crippen molar-refractivity contribution in [2.24, 2.45) is 0 Å². The lowest BCUT2D eigenvalue weighted by atomic mass is 10.0. The number of hydrogen-bond donors (Lipinski definition) is 2. The quantitative estimate of drug-likeness (QED) is 0.703. The van der Waals surface area contributed by atoms with E-state index in [1.807, 2.05) is 0 Å². The van der Waals surface area contributed by atoms with E-state index in [1.165, 1.54) is 12.1 Å². The summed E-state index contributed by atoms with van der Waals surface area (Å²) in [6.45, 7) is 0. The maximum atomic E-state index is 13.7. The molecule has 0 aliphatic rings. The topological polar surface area (TPSA) is 48.9 Å². The Hall–Kier alpha value is -2.48. The third-order valence-corrected chi connectivity index (χ3v) is 3.67. The predicted octanol–water partition coefficient (Wildman–Crippen LogP) is 4.14. The van der Waals surface area contributed by atoms with Crippen LogP contribution in [0.4, 0.5) is 22.0 Å². The standard InChI is InChI=1S/C16H11F5N2O/c17-10-3-1-8(12(18)7-10)5-14(24)15-11-6-9(16(19,20)21)2-4-13(11)22-23-15/h1-4,6-7,14,24H,5H2,(H,22,23). The highest BCUT2D eigenvalue weighted by Crippen LogP contribution is 2.33. The Morgan fingerprint density at radius 2 is 1.83 bits per heavy atom. The van der Waals surface area contributed by atoms with Crippen molar-refractivity contribution in [1.29, 1.82) is 0 Å². The number of nitrogens with one attached hydrogen (secondary N) is 1. The average Bonchev–Trinajstić information content (AvgIpc) is 2.92. The van der Waals surface area contributed by atoms with Crippen LogP contribution in [0.3, 0.4) is 0 Å². The zero-order valence-electron chi connectivity index (χ0n) is 12.0. The molecule has 1 aromatic heterocycles. The van der Waals surface area contributed by atoms with E-state index in [4.69, 9.17) is 0 Å². The number of fused-ring (bicyclic) bond motifs is 1. The van der Waals surface area contributed by atoms with E-state index >= 15 is 0 Å². The maximum Gasteiger partial charge on any atom is 0.416 e. The van der Waals surface area contributed by atoms with Gasteiger partial charge in [0.1, 0.15) is 17.7 Å². The lowest BCUT2D eigenvalue weighted by molar-refractivity contribution is -0.137. The largest absolute Gasteiger partial charge is 0.416 e.